The van der Waals surface area contributed by atoms with Crippen molar-refractivity contribution in [2.24, 2.45) is 0 Å². The van der Waals surface area contributed by atoms with Gasteiger partial charge in [-0.15, -0.1) is 0 Å². The number of amides is 2. The average molecular weight is 336 g/mol. The Bertz CT molecular complexity index is 902. The van der Waals surface area contributed by atoms with Gasteiger partial charge in [0, 0.05) is 30.7 Å². The second-order valence-corrected chi connectivity index (χ2v) is 5.72. The molecule has 1 aliphatic heterocycles. The van der Waals surface area contributed by atoms with Crippen molar-refractivity contribution >= 4 is 23.5 Å². The molecule has 8 heteroatoms. The highest BCUT2D eigenvalue weighted by Crippen LogP contribution is 2.32. The molecule has 1 aromatic heterocycles. The fourth-order valence-electron chi connectivity index (χ4n) is 2.73. The van der Waals surface area contributed by atoms with Gasteiger partial charge in [-0.3, -0.25) is 14.9 Å². The molecule has 0 unspecified atom stereocenters. The standard InChI is InChI=1S/C17H16N6O2/c1-10(24)19-13-5-3-4-12(6-13)16-14-7-23(9-18)8-15(14)21-17(22-16)20-11(2)25/h3-6H,7-8H2,1-2H3,(H,19,24)(H,20,21,22,25). The monoisotopic (exact) mass is 336 g/mol. The molecule has 2 aromatic rings. The Morgan fingerprint density at radius 1 is 1.16 bits per heavy atom. The fourth-order valence-corrected chi connectivity index (χ4v) is 2.73. The number of nitriles is 1. The van der Waals surface area contributed by atoms with Gasteiger partial charge in [-0.1, -0.05) is 12.1 Å². The largest absolute Gasteiger partial charge is 0.326 e. The zero-order valence-corrected chi connectivity index (χ0v) is 13.8. The summed E-state index contributed by atoms with van der Waals surface area (Å²) in [4.78, 5) is 33.0. The third-order valence-electron chi connectivity index (χ3n) is 3.67. The van der Waals surface area contributed by atoms with Crippen LogP contribution in [-0.2, 0) is 22.7 Å². The van der Waals surface area contributed by atoms with Gasteiger partial charge in [0.1, 0.15) is 0 Å². The molecule has 2 amide bonds. The summed E-state index contributed by atoms with van der Waals surface area (Å²) in [5.74, 6) is -0.237. The molecule has 3 rings (SSSR count). The van der Waals surface area contributed by atoms with Crippen LogP contribution in [-0.4, -0.2) is 26.7 Å². The van der Waals surface area contributed by atoms with Gasteiger partial charge in [0.05, 0.1) is 24.5 Å². The minimum absolute atomic E-state index is 0.167. The van der Waals surface area contributed by atoms with Crippen LogP contribution in [0.2, 0.25) is 0 Å². The van der Waals surface area contributed by atoms with Crippen molar-refractivity contribution in [1.29, 1.82) is 5.26 Å². The SMILES string of the molecule is CC(=O)Nc1cccc(-c2nc(NC(C)=O)nc3c2CN(C#N)C3)c1. The highest BCUT2D eigenvalue weighted by atomic mass is 16.2. The predicted octanol–water partition coefficient (Wildman–Crippen LogP) is 1.86. The van der Waals surface area contributed by atoms with Crippen molar-refractivity contribution in [1.82, 2.24) is 14.9 Å². The summed E-state index contributed by atoms with van der Waals surface area (Å²) in [6.45, 7) is 3.61. The third-order valence-corrected chi connectivity index (χ3v) is 3.67. The normalized spacial score (nSPS) is 12.3. The zero-order chi connectivity index (χ0) is 18.0. The van der Waals surface area contributed by atoms with Gasteiger partial charge in [0.15, 0.2) is 6.19 Å². The van der Waals surface area contributed by atoms with Crippen molar-refractivity contribution in [3.63, 3.8) is 0 Å². The van der Waals surface area contributed by atoms with Crippen LogP contribution in [0.4, 0.5) is 11.6 Å². The summed E-state index contributed by atoms with van der Waals surface area (Å²) in [7, 11) is 0. The quantitative estimate of drug-likeness (QED) is 0.828. The number of anilines is 2. The van der Waals surface area contributed by atoms with E-state index in [0.29, 0.717) is 30.2 Å². The number of fused-ring (bicyclic) bond motifs is 1. The minimum Gasteiger partial charge on any atom is -0.326 e. The topological polar surface area (TPSA) is 111 Å². The first-order chi connectivity index (χ1) is 12.0. The van der Waals surface area contributed by atoms with Crippen LogP contribution >= 0.6 is 0 Å². The van der Waals surface area contributed by atoms with E-state index in [1.807, 2.05) is 12.1 Å². The molecule has 0 saturated carbocycles. The van der Waals surface area contributed by atoms with E-state index in [0.717, 1.165) is 11.1 Å². The van der Waals surface area contributed by atoms with E-state index >= 15 is 0 Å². The van der Waals surface area contributed by atoms with Crippen LogP contribution in [0.1, 0.15) is 25.1 Å². The molecule has 1 aliphatic rings. The molecule has 8 nitrogen and oxygen atoms in total. The lowest BCUT2D eigenvalue weighted by Crippen LogP contribution is -2.11. The Morgan fingerprint density at radius 3 is 2.60 bits per heavy atom. The molecule has 1 aromatic carbocycles. The van der Waals surface area contributed by atoms with Gasteiger partial charge in [0.2, 0.25) is 17.8 Å². The van der Waals surface area contributed by atoms with E-state index in [1.165, 1.54) is 13.8 Å². The van der Waals surface area contributed by atoms with Gasteiger partial charge < -0.3 is 10.2 Å². The van der Waals surface area contributed by atoms with E-state index in [-0.39, 0.29) is 17.8 Å². The lowest BCUT2D eigenvalue weighted by atomic mass is 10.0. The highest BCUT2D eigenvalue weighted by Gasteiger charge is 2.25. The maximum absolute atomic E-state index is 11.4. The summed E-state index contributed by atoms with van der Waals surface area (Å²) >= 11 is 0. The molecule has 0 radical (unpaired) electrons. The summed E-state index contributed by atoms with van der Waals surface area (Å²) in [5.41, 5.74) is 3.61. The molecule has 2 heterocycles. The van der Waals surface area contributed by atoms with E-state index in [2.05, 4.69) is 26.8 Å². The molecule has 0 saturated heterocycles. The number of rotatable bonds is 3. The summed E-state index contributed by atoms with van der Waals surface area (Å²) in [6.07, 6.45) is 2.11. The van der Waals surface area contributed by atoms with Crippen LogP contribution in [0.5, 0.6) is 0 Å². The van der Waals surface area contributed by atoms with Crippen molar-refractivity contribution < 1.29 is 9.59 Å². The van der Waals surface area contributed by atoms with Crippen molar-refractivity contribution in [3.05, 3.63) is 35.5 Å². The molecule has 126 valence electrons. The molecule has 2 N–H and O–H groups in total. The predicted molar refractivity (Wildman–Crippen MR) is 90.9 cm³/mol. The number of carbonyl (C=O) groups excluding carboxylic acids is 2. The summed E-state index contributed by atoms with van der Waals surface area (Å²) < 4.78 is 0. The highest BCUT2D eigenvalue weighted by molar-refractivity contribution is 5.90. The molecule has 0 atom stereocenters. The third kappa shape index (κ3) is 3.55. The fraction of sp³-hybridized carbons (Fsp3) is 0.235. The molecule has 0 fully saturated rings. The lowest BCUT2D eigenvalue weighted by molar-refractivity contribution is -0.115. The van der Waals surface area contributed by atoms with E-state index < -0.39 is 0 Å². The molecule has 0 bridgehead atoms. The number of nitrogens with zero attached hydrogens (tertiary/aromatic N) is 4. The van der Waals surface area contributed by atoms with Crippen LogP contribution in [0.15, 0.2) is 24.3 Å². The Kier molecular flexibility index (Phi) is 4.31. The molecule has 0 aliphatic carbocycles. The second-order valence-electron chi connectivity index (χ2n) is 5.72. The number of nitrogens with one attached hydrogen (secondary N) is 2. The van der Waals surface area contributed by atoms with Crippen molar-refractivity contribution in [2.45, 2.75) is 26.9 Å². The molecule has 25 heavy (non-hydrogen) atoms. The van der Waals surface area contributed by atoms with E-state index in [9.17, 15) is 9.59 Å². The lowest BCUT2D eigenvalue weighted by Gasteiger charge is -2.11. The zero-order valence-electron chi connectivity index (χ0n) is 13.8. The van der Waals surface area contributed by atoms with Crippen LogP contribution < -0.4 is 10.6 Å². The Labute approximate surface area is 144 Å². The smallest absolute Gasteiger partial charge is 0.230 e. The first-order valence-electron chi connectivity index (χ1n) is 7.66. The maximum Gasteiger partial charge on any atom is 0.230 e. The number of hydrogen-bond donors (Lipinski definition) is 2. The van der Waals surface area contributed by atoms with Crippen molar-refractivity contribution in [2.75, 3.05) is 10.6 Å². The van der Waals surface area contributed by atoms with Crippen LogP contribution in [0.3, 0.4) is 0 Å². The number of aromatic nitrogens is 2. The van der Waals surface area contributed by atoms with Gasteiger partial charge in [-0.25, -0.2) is 9.97 Å². The second kappa shape index (κ2) is 6.57. The summed E-state index contributed by atoms with van der Waals surface area (Å²) in [5, 5.41) is 14.5. The Hall–Kier alpha value is -3.47. The Morgan fingerprint density at radius 2 is 1.92 bits per heavy atom. The number of hydrogen-bond acceptors (Lipinski definition) is 6. The summed E-state index contributed by atoms with van der Waals surface area (Å²) in [6, 6.07) is 7.25. The van der Waals surface area contributed by atoms with Gasteiger partial charge >= 0.3 is 0 Å². The molecular weight excluding hydrogens is 320 g/mol. The first kappa shape index (κ1) is 16.4. The average Bonchev–Trinajstić information content (AvgIpc) is 2.96. The number of benzene rings is 1. The van der Waals surface area contributed by atoms with Gasteiger partial charge in [-0.05, 0) is 12.1 Å². The van der Waals surface area contributed by atoms with Crippen LogP contribution in [0.25, 0.3) is 11.3 Å². The van der Waals surface area contributed by atoms with Crippen molar-refractivity contribution in [3.8, 4) is 17.5 Å². The number of carbonyl (C=O) groups is 2. The van der Waals surface area contributed by atoms with E-state index in [1.54, 1.807) is 17.0 Å². The maximum atomic E-state index is 11.4. The first-order valence-corrected chi connectivity index (χ1v) is 7.66. The van der Waals surface area contributed by atoms with E-state index in [4.69, 9.17) is 5.26 Å². The molecule has 0 spiro atoms. The molecular formula is C17H16N6O2. The van der Waals surface area contributed by atoms with Gasteiger partial charge in [0.25, 0.3) is 0 Å². The minimum atomic E-state index is -0.270. The Balaban J connectivity index is 2.09. The van der Waals surface area contributed by atoms with Crippen LogP contribution in [0, 0.1) is 11.5 Å². The van der Waals surface area contributed by atoms with Gasteiger partial charge in [-0.2, -0.15) is 5.26 Å².